The molecule has 5 unspecified atom stereocenters. The van der Waals surface area contributed by atoms with Crippen molar-refractivity contribution in [1.29, 1.82) is 0 Å². The third-order valence-electron chi connectivity index (χ3n) is 6.09. The van der Waals surface area contributed by atoms with Gasteiger partial charge in [-0.25, -0.2) is 0 Å². The lowest BCUT2D eigenvalue weighted by molar-refractivity contribution is -0.122. The molecular formula is C17H31ClN2O. The number of carbonyl (C=O) groups excluding carboxylic acids is 1. The molecule has 0 radical (unpaired) electrons. The molecule has 0 spiro atoms. The maximum Gasteiger partial charge on any atom is 0.220 e. The highest BCUT2D eigenvalue weighted by atomic mass is 35.5. The Morgan fingerprint density at radius 2 is 2.14 bits per heavy atom. The summed E-state index contributed by atoms with van der Waals surface area (Å²) in [5.41, 5.74) is 0. The van der Waals surface area contributed by atoms with Crippen LogP contribution in [0.25, 0.3) is 0 Å². The fourth-order valence-corrected chi connectivity index (χ4v) is 4.77. The number of rotatable bonds is 5. The van der Waals surface area contributed by atoms with Crippen LogP contribution in [0.15, 0.2) is 0 Å². The van der Waals surface area contributed by atoms with Gasteiger partial charge in [-0.05, 0) is 74.8 Å². The number of hydrogen-bond acceptors (Lipinski definition) is 2. The first-order valence-electron chi connectivity index (χ1n) is 8.69. The van der Waals surface area contributed by atoms with Gasteiger partial charge < -0.3 is 10.6 Å². The van der Waals surface area contributed by atoms with Gasteiger partial charge in [-0.2, -0.15) is 0 Å². The molecule has 5 atom stereocenters. The van der Waals surface area contributed by atoms with Gasteiger partial charge in [0.25, 0.3) is 0 Å². The number of amides is 1. The fraction of sp³-hybridized carbons (Fsp3) is 0.941. The monoisotopic (exact) mass is 314 g/mol. The normalized spacial score (nSPS) is 36.0. The van der Waals surface area contributed by atoms with E-state index < -0.39 is 0 Å². The zero-order valence-corrected chi connectivity index (χ0v) is 14.1. The maximum absolute atomic E-state index is 12.1. The van der Waals surface area contributed by atoms with Crippen LogP contribution < -0.4 is 10.6 Å². The van der Waals surface area contributed by atoms with Crippen molar-refractivity contribution in [2.24, 2.45) is 29.6 Å². The van der Waals surface area contributed by atoms with Crippen LogP contribution in [0.5, 0.6) is 0 Å². The van der Waals surface area contributed by atoms with E-state index in [0.717, 1.165) is 37.4 Å². The number of fused-ring (bicyclic) bond motifs is 2. The van der Waals surface area contributed by atoms with Crippen molar-refractivity contribution in [1.82, 2.24) is 10.6 Å². The largest absolute Gasteiger partial charge is 0.356 e. The second-order valence-corrected chi connectivity index (χ2v) is 7.53. The van der Waals surface area contributed by atoms with Crippen molar-refractivity contribution in [3.05, 3.63) is 0 Å². The number of hydrogen-bond donors (Lipinski definition) is 2. The lowest BCUT2D eigenvalue weighted by atomic mass is 9.85. The van der Waals surface area contributed by atoms with E-state index in [2.05, 4.69) is 17.6 Å². The highest BCUT2D eigenvalue weighted by Crippen LogP contribution is 2.47. The molecule has 1 aliphatic heterocycles. The molecule has 122 valence electrons. The van der Waals surface area contributed by atoms with Gasteiger partial charge >= 0.3 is 0 Å². The molecule has 3 aliphatic rings. The predicted octanol–water partition coefficient (Wildman–Crippen LogP) is 2.99. The maximum atomic E-state index is 12.1. The highest BCUT2D eigenvalue weighted by Gasteiger charge is 2.39. The van der Waals surface area contributed by atoms with Gasteiger partial charge in [-0.15, -0.1) is 12.4 Å². The summed E-state index contributed by atoms with van der Waals surface area (Å²) in [5, 5.41) is 6.67. The predicted molar refractivity (Wildman–Crippen MR) is 88.6 cm³/mol. The minimum atomic E-state index is 0. The number of carbonyl (C=O) groups is 1. The van der Waals surface area contributed by atoms with Crippen molar-refractivity contribution in [3.8, 4) is 0 Å². The summed E-state index contributed by atoms with van der Waals surface area (Å²) in [6, 6.07) is 0. The summed E-state index contributed by atoms with van der Waals surface area (Å²) in [7, 11) is 0. The molecule has 3 rings (SSSR count). The molecule has 3 fully saturated rings. The molecule has 2 N–H and O–H groups in total. The zero-order chi connectivity index (χ0) is 13.9. The van der Waals surface area contributed by atoms with Crippen molar-refractivity contribution in [2.75, 3.05) is 19.6 Å². The Hall–Kier alpha value is -0.280. The fourth-order valence-electron chi connectivity index (χ4n) is 4.77. The van der Waals surface area contributed by atoms with Gasteiger partial charge in [0.2, 0.25) is 5.91 Å². The molecular weight excluding hydrogens is 284 g/mol. The van der Waals surface area contributed by atoms with Crippen molar-refractivity contribution < 1.29 is 4.79 Å². The summed E-state index contributed by atoms with van der Waals surface area (Å²) in [5.74, 6) is 4.17. The summed E-state index contributed by atoms with van der Waals surface area (Å²) in [4.78, 5) is 12.1. The lowest BCUT2D eigenvalue weighted by Crippen LogP contribution is -2.37. The highest BCUT2D eigenvalue weighted by molar-refractivity contribution is 5.85. The van der Waals surface area contributed by atoms with Crippen LogP contribution in [0.3, 0.4) is 0 Å². The summed E-state index contributed by atoms with van der Waals surface area (Å²) >= 11 is 0. The molecule has 0 aromatic heterocycles. The standard InChI is InChI=1S/C17H30N2O.ClH/c1-12(15-3-2-6-18-10-15)7-17(20)19-11-16-9-13-4-5-14(16)8-13;/h12-16,18H,2-11H2,1H3,(H,19,20);1H. The van der Waals surface area contributed by atoms with Crippen molar-refractivity contribution in [2.45, 2.75) is 51.9 Å². The molecule has 3 nitrogen and oxygen atoms in total. The average Bonchev–Trinajstić information content (AvgIpc) is 3.08. The van der Waals surface area contributed by atoms with E-state index in [1.807, 2.05) is 0 Å². The molecule has 1 amide bonds. The molecule has 1 heterocycles. The molecule has 2 saturated carbocycles. The van der Waals surface area contributed by atoms with Crippen LogP contribution in [0.2, 0.25) is 0 Å². The Bertz CT molecular complexity index is 344. The first kappa shape index (κ1) is 17.1. The van der Waals surface area contributed by atoms with Gasteiger partial charge in [0, 0.05) is 13.0 Å². The van der Waals surface area contributed by atoms with E-state index in [4.69, 9.17) is 0 Å². The van der Waals surface area contributed by atoms with E-state index in [1.54, 1.807) is 0 Å². The minimum Gasteiger partial charge on any atom is -0.356 e. The van der Waals surface area contributed by atoms with Crippen LogP contribution in [0, 0.1) is 29.6 Å². The zero-order valence-electron chi connectivity index (χ0n) is 13.3. The van der Waals surface area contributed by atoms with E-state index in [-0.39, 0.29) is 18.3 Å². The summed E-state index contributed by atoms with van der Waals surface area (Å²) in [6.45, 7) is 5.44. The second-order valence-electron chi connectivity index (χ2n) is 7.53. The van der Waals surface area contributed by atoms with Crippen LogP contribution in [-0.4, -0.2) is 25.5 Å². The second kappa shape index (κ2) is 7.82. The Balaban J connectivity index is 0.00000161. The molecule has 4 heteroatoms. The Kier molecular flexibility index (Phi) is 6.36. The topological polar surface area (TPSA) is 41.1 Å². The SMILES string of the molecule is CC(CC(=O)NCC1CC2CCC1C2)C1CCCNC1.Cl. The molecule has 0 aromatic carbocycles. The Labute approximate surface area is 135 Å². The van der Waals surface area contributed by atoms with Gasteiger partial charge in [-0.1, -0.05) is 13.3 Å². The van der Waals surface area contributed by atoms with Crippen LogP contribution in [0.1, 0.15) is 51.9 Å². The van der Waals surface area contributed by atoms with Crippen molar-refractivity contribution in [3.63, 3.8) is 0 Å². The third kappa shape index (κ3) is 4.35. The van der Waals surface area contributed by atoms with Crippen LogP contribution in [0.4, 0.5) is 0 Å². The Morgan fingerprint density at radius 1 is 1.29 bits per heavy atom. The summed E-state index contributed by atoms with van der Waals surface area (Å²) < 4.78 is 0. The molecule has 1 saturated heterocycles. The van der Waals surface area contributed by atoms with Gasteiger partial charge in [0.15, 0.2) is 0 Å². The van der Waals surface area contributed by atoms with Gasteiger partial charge in [0.1, 0.15) is 0 Å². The van der Waals surface area contributed by atoms with Gasteiger partial charge in [0.05, 0.1) is 0 Å². The lowest BCUT2D eigenvalue weighted by Gasteiger charge is -2.28. The number of piperidine rings is 1. The van der Waals surface area contributed by atoms with Crippen LogP contribution >= 0.6 is 12.4 Å². The third-order valence-corrected chi connectivity index (χ3v) is 6.09. The molecule has 21 heavy (non-hydrogen) atoms. The van der Waals surface area contributed by atoms with Crippen molar-refractivity contribution >= 4 is 18.3 Å². The number of nitrogens with one attached hydrogen (secondary N) is 2. The van der Waals surface area contributed by atoms with E-state index >= 15 is 0 Å². The molecule has 0 aromatic rings. The van der Waals surface area contributed by atoms with Gasteiger partial charge in [-0.3, -0.25) is 4.79 Å². The smallest absolute Gasteiger partial charge is 0.220 e. The first-order valence-corrected chi connectivity index (χ1v) is 8.69. The minimum absolute atomic E-state index is 0. The van der Waals surface area contributed by atoms with Crippen LogP contribution in [-0.2, 0) is 4.79 Å². The van der Waals surface area contributed by atoms with E-state index in [0.29, 0.717) is 18.3 Å². The average molecular weight is 315 g/mol. The first-order chi connectivity index (χ1) is 9.72. The molecule has 2 aliphatic carbocycles. The molecule has 2 bridgehead atoms. The van der Waals surface area contributed by atoms with E-state index in [9.17, 15) is 4.79 Å². The number of halogens is 1. The summed E-state index contributed by atoms with van der Waals surface area (Å²) in [6.07, 6.45) is 8.93. The Morgan fingerprint density at radius 3 is 2.76 bits per heavy atom. The quantitative estimate of drug-likeness (QED) is 0.819. The van der Waals surface area contributed by atoms with E-state index in [1.165, 1.54) is 38.5 Å².